The minimum Gasteiger partial charge on any atom is -0.492 e. The van der Waals surface area contributed by atoms with Crippen LogP contribution in [0.5, 0.6) is 5.75 Å². The summed E-state index contributed by atoms with van der Waals surface area (Å²) in [6.45, 7) is 4.69. The van der Waals surface area contributed by atoms with Crippen LogP contribution in [0.15, 0.2) is 46.9 Å². The van der Waals surface area contributed by atoms with Gasteiger partial charge in [-0.25, -0.2) is 0 Å². The van der Waals surface area contributed by atoms with Crippen LogP contribution in [-0.4, -0.2) is 19.1 Å². The molecule has 2 aromatic carbocycles. The fourth-order valence-electron chi connectivity index (χ4n) is 1.99. The molecule has 0 aliphatic heterocycles. The Balaban J connectivity index is 1.95. The van der Waals surface area contributed by atoms with Gasteiger partial charge in [-0.1, -0.05) is 18.2 Å². The summed E-state index contributed by atoms with van der Waals surface area (Å²) in [5.74, 6) is 0.630. The molecule has 0 saturated carbocycles. The lowest BCUT2D eigenvalue weighted by Gasteiger charge is -2.13. The molecule has 0 aromatic heterocycles. The summed E-state index contributed by atoms with van der Waals surface area (Å²) in [6, 6.07) is 13.4. The third kappa shape index (κ3) is 4.49. The highest BCUT2D eigenvalue weighted by molar-refractivity contribution is 9.10. The number of rotatable bonds is 6. The molecule has 2 N–H and O–H groups in total. The molecular weight excluding hydrogens is 344 g/mol. The van der Waals surface area contributed by atoms with Crippen LogP contribution in [0.4, 0.5) is 11.4 Å². The molecule has 1 amide bonds. The summed E-state index contributed by atoms with van der Waals surface area (Å²) in [7, 11) is 0. The van der Waals surface area contributed by atoms with Crippen LogP contribution in [0.25, 0.3) is 0 Å². The molecule has 0 aliphatic carbocycles. The van der Waals surface area contributed by atoms with E-state index in [1.165, 1.54) is 0 Å². The van der Waals surface area contributed by atoms with Gasteiger partial charge in [-0.2, -0.15) is 0 Å². The minimum atomic E-state index is -0.115. The summed E-state index contributed by atoms with van der Waals surface area (Å²) in [5.41, 5.74) is 2.70. The number of carbonyl (C=O) groups excluding carboxylic acids is 1. The molecule has 2 rings (SSSR count). The predicted molar refractivity (Wildman–Crippen MR) is 93.6 cm³/mol. The van der Waals surface area contributed by atoms with Gasteiger partial charge in [0.05, 0.1) is 24.5 Å². The molecule has 2 aromatic rings. The van der Waals surface area contributed by atoms with Gasteiger partial charge in [0.25, 0.3) is 0 Å². The van der Waals surface area contributed by atoms with Crippen molar-refractivity contribution < 1.29 is 9.53 Å². The Bertz CT molecular complexity index is 659. The van der Waals surface area contributed by atoms with E-state index in [-0.39, 0.29) is 12.5 Å². The van der Waals surface area contributed by atoms with Crippen molar-refractivity contribution in [2.45, 2.75) is 13.8 Å². The molecule has 0 saturated heterocycles. The van der Waals surface area contributed by atoms with Crippen LogP contribution in [0, 0.1) is 6.92 Å². The summed E-state index contributed by atoms with van der Waals surface area (Å²) < 4.78 is 6.39. The molecule has 0 unspecified atom stereocenters. The second-order valence-corrected chi connectivity index (χ2v) is 5.67. The monoisotopic (exact) mass is 362 g/mol. The van der Waals surface area contributed by atoms with E-state index < -0.39 is 0 Å². The van der Waals surface area contributed by atoms with E-state index in [2.05, 4.69) is 26.6 Å². The standard InChI is InChI=1S/C17H19BrN2O2/c1-3-22-16-7-5-4-6-15(16)19-11-17(21)20-14-9-8-12(2)10-13(14)18/h4-10,19H,3,11H2,1-2H3,(H,20,21). The van der Waals surface area contributed by atoms with E-state index >= 15 is 0 Å². The predicted octanol–water partition coefficient (Wildman–Crippen LogP) is 4.21. The third-order valence-corrected chi connectivity index (χ3v) is 3.68. The number of benzene rings is 2. The van der Waals surface area contributed by atoms with E-state index in [0.29, 0.717) is 6.61 Å². The number of anilines is 2. The lowest BCUT2D eigenvalue weighted by molar-refractivity contribution is -0.114. The minimum absolute atomic E-state index is 0.115. The Labute approximate surface area is 139 Å². The maximum absolute atomic E-state index is 12.1. The van der Waals surface area contributed by atoms with Gasteiger partial charge in [0.1, 0.15) is 5.75 Å². The van der Waals surface area contributed by atoms with Crippen molar-refractivity contribution in [1.29, 1.82) is 0 Å². The van der Waals surface area contributed by atoms with E-state index in [0.717, 1.165) is 27.2 Å². The number of amides is 1. The zero-order chi connectivity index (χ0) is 15.9. The third-order valence-electron chi connectivity index (χ3n) is 3.02. The summed E-state index contributed by atoms with van der Waals surface area (Å²) >= 11 is 3.45. The van der Waals surface area contributed by atoms with Crippen LogP contribution in [0.2, 0.25) is 0 Å². The lowest BCUT2D eigenvalue weighted by Crippen LogP contribution is -2.22. The van der Waals surface area contributed by atoms with Crippen molar-refractivity contribution in [3.63, 3.8) is 0 Å². The molecule has 0 aliphatic rings. The highest BCUT2D eigenvalue weighted by atomic mass is 79.9. The number of hydrogen-bond acceptors (Lipinski definition) is 3. The maximum atomic E-state index is 12.1. The SMILES string of the molecule is CCOc1ccccc1NCC(=O)Nc1ccc(C)cc1Br. The number of aryl methyl sites for hydroxylation is 1. The molecule has 22 heavy (non-hydrogen) atoms. The van der Waals surface area contributed by atoms with Crippen molar-refractivity contribution >= 4 is 33.2 Å². The Morgan fingerprint density at radius 1 is 1.18 bits per heavy atom. The summed E-state index contributed by atoms with van der Waals surface area (Å²) in [6.07, 6.45) is 0. The molecule has 5 heteroatoms. The zero-order valence-electron chi connectivity index (χ0n) is 12.7. The van der Waals surface area contributed by atoms with E-state index in [1.54, 1.807) is 0 Å². The van der Waals surface area contributed by atoms with Gasteiger partial charge >= 0.3 is 0 Å². The van der Waals surface area contributed by atoms with Gasteiger partial charge in [-0.05, 0) is 59.6 Å². The second kappa shape index (κ2) is 7.84. The highest BCUT2D eigenvalue weighted by Gasteiger charge is 2.07. The second-order valence-electron chi connectivity index (χ2n) is 4.81. The number of halogens is 1. The number of hydrogen-bond donors (Lipinski definition) is 2. The average molecular weight is 363 g/mol. The van der Waals surface area contributed by atoms with Crippen LogP contribution < -0.4 is 15.4 Å². The molecule has 0 atom stereocenters. The molecule has 0 heterocycles. The zero-order valence-corrected chi connectivity index (χ0v) is 14.2. The Morgan fingerprint density at radius 2 is 1.95 bits per heavy atom. The van der Waals surface area contributed by atoms with Gasteiger partial charge in [-0.15, -0.1) is 0 Å². The normalized spacial score (nSPS) is 10.1. The van der Waals surface area contributed by atoms with Gasteiger partial charge in [-0.3, -0.25) is 4.79 Å². The van der Waals surface area contributed by atoms with E-state index in [9.17, 15) is 4.79 Å². The molecular formula is C17H19BrN2O2. The van der Waals surface area contributed by atoms with Gasteiger partial charge < -0.3 is 15.4 Å². The lowest BCUT2D eigenvalue weighted by atomic mass is 10.2. The van der Waals surface area contributed by atoms with Crippen molar-refractivity contribution in [2.24, 2.45) is 0 Å². The fraction of sp³-hybridized carbons (Fsp3) is 0.235. The molecule has 0 fully saturated rings. The van der Waals surface area contributed by atoms with Gasteiger partial charge in [0.2, 0.25) is 5.91 Å². The number of carbonyl (C=O) groups is 1. The average Bonchev–Trinajstić information content (AvgIpc) is 2.49. The molecule has 4 nitrogen and oxygen atoms in total. The van der Waals surface area contributed by atoms with Gasteiger partial charge in [0.15, 0.2) is 0 Å². The first-order chi connectivity index (χ1) is 10.6. The van der Waals surface area contributed by atoms with Crippen molar-refractivity contribution in [3.05, 3.63) is 52.5 Å². The maximum Gasteiger partial charge on any atom is 0.243 e. The van der Waals surface area contributed by atoms with Crippen molar-refractivity contribution in [2.75, 3.05) is 23.8 Å². The molecule has 0 bridgehead atoms. The first-order valence-corrected chi connectivity index (χ1v) is 7.91. The van der Waals surface area contributed by atoms with Crippen molar-refractivity contribution in [1.82, 2.24) is 0 Å². The fourth-order valence-corrected chi connectivity index (χ4v) is 2.58. The largest absolute Gasteiger partial charge is 0.492 e. The topological polar surface area (TPSA) is 50.4 Å². The van der Waals surface area contributed by atoms with E-state index in [4.69, 9.17) is 4.74 Å². The quantitative estimate of drug-likeness (QED) is 0.809. The smallest absolute Gasteiger partial charge is 0.243 e. The Kier molecular flexibility index (Phi) is 5.83. The number of nitrogens with one attached hydrogen (secondary N) is 2. The molecule has 116 valence electrons. The van der Waals surface area contributed by atoms with Crippen molar-refractivity contribution in [3.8, 4) is 5.75 Å². The van der Waals surface area contributed by atoms with Crippen LogP contribution in [-0.2, 0) is 4.79 Å². The summed E-state index contributed by atoms with van der Waals surface area (Å²) in [5, 5.41) is 5.97. The van der Waals surface area contributed by atoms with E-state index in [1.807, 2.05) is 56.3 Å². The van der Waals surface area contributed by atoms with Gasteiger partial charge in [0, 0.05) is 4.47 Å². The van der Waals surface area contributed by atoms with Crippen LogP contribution in [0.1, 0.15) is 12.5 Å². The Morgan fingerprint density at radius 3 is 2.68 bits per heavy atom. The first kappa shape index (κ1) is 16.4. The van der Waals surface area contributed by atoms with Crippen LogP contribution in [0.3, 0.4) is 0 Å². The summed E-state index contributed by atoms with van der Waals surface area (Å²) in [4.78, 5) is 12.1. The molecule has 0 radical (unpaired) electrons. The molecule has 0 spiro atoms. The number of ether oxygens (including phenoxy) is 1. The first-order valence-electron chi connectivity index (χ1n) is 7.12. The number of para-hydroxylation sites is 2. The highest BCUT2D eigenvalue weighted by Crippen LogP contribution is 2.24. The Hall–Kier alpha value is -2.01. The van der Waals surface area contributed by atoms with Crippen LogP contribution >= 0.6 is 15.9 Å².